The minimum atomic E-state index is -0.476. The molecule has 1 aliphatic heterocycles. The van der Waals surface area contributed by atoms with E-state index in [2.05, 4.69) is 19.2 Å². The van der Waals surface area contributed by atoms with Crippen molar-refractivity contribution in [2.45, 2.75) is 26.7 Å². The minimum Gasteiger partial charge on any atom is -0.298 e. The van der Waals surface area contributed by atoms with E-state index in [1.807, 2.05) is 55.5 Å². The number of carbonyl (C=O) groups excluding carboxylic acids is 2. The molecule has 0 bridgehead atoms. The van der Waals surface area contributed by atoms with Gasteiger partial charge in [0.1, 0.15) is 5.57 Å². The summed E-state index contributed by atoms with van der Waals surface area (Å²) in [5, 5.41) is 2.70. The summed E-state index contributed by atoms with van der Waals surface area (Å²) in [6.45, 7) is 6.20. The summed E-state index contributed by atoms with van der Waals surface area (Å²) in [6.07, 6.45) is 1.60. The predicted octanol–water partition coefficient (Wildman–Crippen LogP) is 3.95. The summed E-state index contributed by atoms with van der Waals surface area (Å²) < 4.78 is 0. The van der Waals surface area contributed by atoms with Gasteiger partial charge in [-0.1, -0.05) is 55.8 Å². The van der Waals surface area contributed by atoms with Crippen LogP contribution in [0.2, 0.25) is 0 Å². The van der Waals surface area contributed by atoms with E-state index in [1.165, 1.54) is 10.5 Å². The molecule has 4 nitrogen and oxygen atoms in total. The summed E-state index contributed by atoms with van der Waals surface area (Å²) in [6, 6.07) is 15.2. The fourth-order valence-electron chi connectivity index (χ4n) is 2.73. The fourth-order valence-corrected chi connectivity index (χ4v) is 3.01. The van der Waals surface area contributed by atoms with Crippen molar-refractivity contribution in [3.05, 3.63) is 70.8 Å². The first kappa shape index (κ1) is 18.0. The summed E-state index contributed by atoms with van der Waals surface area (Å²) in [7, 11) is 0. The number of anilines is 1. The number of hydrogen-bond acceptors (Lipinski definition) is 3. The Bertz CT molecular complexity index is 897. The van der Waals surface area contributed by atoms with Gasteiger partial charge < -0.3 is 0 Å². The van der Waals surface area contributed by atoms with Crippen LogP contribution in [0, 0.1) is 6.92 Å². The molecule has 0 atom stereocenters. The first-order valence-electron chi connectivity index (χ1n) is 8.45. The van der Waals surface area contributed by atoms with Gasteiger partial charge in [0.25, 0.3) is 11.8 Å². The van der Waals surface area contributed by atoms with Crippen LogP contribution in [0.4, 0.5) is 5.69 Å². The van der Waals surface area contributed by atoms with Crippen LogP contribution in [0.15, 0.2) is 54.1 Å². The molecule has 3 rings (SSSR count). The lowest BCUT2D eigenvalue weighted by molar-refractivity contribution is -0.122. The van der Waals surface area contributed by atoms with Crippen molar-refractivity contribution in [3.8, 4) is 0 Å². The number of hydrogen-bond donors (Lipinski definition) is 1. The largest absolute Gasteiger partial charge is 0.298 e. The van der Waals surface area contributed by atoms with E-state index in [9.17, 15) is 9.59 Å². The van der Waals surface area contributed by atoms with Gasteiger partial charge in [0, 0.05) is 0 Å². The van der Waals surface area contributed by atoms with E-state index in [-0.39, 0.29) is 10.7 Å². The Morgan fingerprint density at radius 2 is 1.62 bits per heavy atom. The van der Waals surface area contributed by atoms with E-state index in [1.54, 1.807) is 6.08 Å². The van der Waals surface area contributed by atoms with E-state index >= 15 is 0 Å². The molecule has 0 spiro atoms. The highest BCUT2D eigenvalue weighted by molar-refractivity contribution is 7.80. The molecular weight excluding hydrogens is 344 g/mol. The zero-order valence-corrected chi connectivity index (χ0v) is 15.8. The Hall–Kier alpha value is -2.79. The van der Waals surface area contributed by atoms with Gasteiger partial charge in [0.2, 0.25) is 0 Å². The molecule has 1 aliphatic rings. The molecule has 26 heavy (non-hydrogen) atoms. The predicted molar refractivity (Wildman–Crippen MR) is 108 cm³/mol. The minimum absolute atomic E-state index is 0.0662. The van der Waals surface area contributed by atoms with E-state index < -0.39 is 11.8 Å². The standard InChI is InChI=1S/C21H20N2O2S/c1-13(2)16-8-6-15(7-9-16)12-18-19(24)22-21(26)23(20(18)25)17-10-4-14(3)5-11-17/h4-13H,1-3H3,(H,22,24,26)/b18-12+. The first-order chi connectivity index (χ1) is 12.4. The molecule has 132 valence electrons. The van der Waals surface area contributed by atoms with Gasteiger partial charge in [-0.25, -0.2) is 0 Å². The Kier molecular flexibility index (Phi) is 5.00. The Morgan fingerprint density at radius 1 is 1.00 bits per heavy atom. The van der Waals surface area contributed by atoms with E-state index in [0.717, 1.165) is 11.1 Å². The van der Waals surface area contributed by atoms with Crippen molar-refractivity contribution in [2.75, 3.05) is 4.90 Å². The van der Waals surface area contributed by atoms with Gasteiger partial charge in [-0.2, -0.15) is 0 Å². The molecule has 2 aromatic carbocycles. The highest BCUT2D eigenvalue weighted by atomic mass is 32.1. The number of aryl methyl sites for hydroxylation is 1. The number of nitrogens with one attached hydrogen (secondary N) is 1. The van der Waals surface area contributed by atoms with Crippen molar-refractivity contribution in [3.63, 3.8) is 0 Å². The molecule has 2 amide bonds. The van der Waals surface area contributed by atoms with E-state index in [4.69, 9.17) is 12.2 Å². The molecule has 0 aromatic heterocycles. The summed E-state index contributed by atoms with van der Waals surface area (Å²) in [5.41, 5.74) is 3.77. The second-order valence-electron chi connectivity index (χ2n) is 6.61. The van der Waals surface area contributed by atoms with Crippen LogP contribution in [-0.2, 0) is 9.59 Å². The summed E-state index contributed by atoms with van der Waals surface area (Å²) >= 11 is 5.21. The highest BCUT2D eigenvalue weighted by Crippen LogP contribution is 2.23. The Morgan fingerprint density at radius 3 is 2.19 bits per heavy atom. The maximum atomic E-state index is 12.9. The molecule has 0 radical (unpaired) electrons. The third-order valence-corrected chi connectivity index (χ3v) is 4.59. The third kappa shape index (κ3) is 3.58. The van der Waals surface area contributed by atoms with Gasteiger partial charge in [0.15, 0.2) is 5.11 Å². The first-order valence-corrected chi connectivity index (χ1v) is 8.85. The van der Waals surface area contributed by atoms with Crippen molar-refractivity contribution in [1.82, 2.24) is 5.32 Å². The molecule has 1 fully saturated rings. The van der Waals surface area contributed by atoms with Crippen LogP contribution < -0.4 is 10.2 Å². The number of rotatable bonds is 3. The van der Waals surface area contributed by atoms with Crippen LogP contribution in [-0.4, -0.2) is 16.9 Å². The van der Waals surface area contributed by atoms with Crippen molar-refractivity contribution in [2.24, 2.45) is 0 Å². The maximum absolute atomic E-state index is 12.9. The molecule has 1 N–H and O–H groups in total. The number of thiocarbonyl (C=S) groups is 1. The maximum Gasteiger partial charge on any atom is 0.270 e. The zero-order chi connectivity index (χ0) is 18.8. The topological polar surface area (TPSA) is 49.4 Å². The van der Waals surface area contributed by atoms with Gasteiger partial charge in [-0.3, -0.25) is 19.8 Å². The molecule has 0 unspecified atom stereocenters. The number of nitrogens with zero attached hydrogens (tertiary/aromatic N) is 1. The molecule has 5 heteroatoms. The van der Waals surface area contributed by atoms with Crippen molar-refractivity contribution >= 4 is 40.9 Å². The smallest absolute Gasteiger partial charge is 0.270 e. The lowest BCUT2D eigenvalue weighted by Crippen LogP contribution is -2.54. The average molecular weight is 364 g/mol. The average Bonchev–Trinajstić information content (AvgIpc) is 2.60. The van der Waals surface area contributed by atoms with Gasteiger partial charge in [-0.05, 0) is 54.4 Å². The molecule has 1 saturated heterocycles. The molecule has 1 heterocycles. The zero-order valence-electron chi connectivity index (χ0n) is 14.9. The monoisotopic (exact) mass is 364 g/mol. The fraction of sp³-hybridized carbons (Fsp3) is 0.190. The second-order valence-corrected chi connectivity index (χ2v) is 7.00. The SMILES string of the molecule is Cc1ccc(N2C(=O)/C(=C/c3ccc(C(C)C)cc3)C(=O)NC2=S)cc1. The summed E-state index contributed by atoms with van der Waals surface area (Å²) in [5.74, 6) is -0.474. The Balaban J connectivity index is 1.95. The van der Waals surface area contributed by atoms with E-state index in [0.29, 0.717) is 11.6 Å². The highest BCUT2D eigenvalue weighted by Gasteiger charge is 2.34. The number of benzene rings is 2. The Labute approximate surface area is 158 Å². The molecule has 0 saturated carbocycles. The van der Waals surface area contributed by atoms with Crippen LogP contribution in [0.5, 0.6) is 0 Å². The summed E-state index contributed by atoms with van der Waals surface area (Å²) in [4.78, 5) is 26.6. The van der Waals surface area contributed by atoms with Crippen molar-refractivity contribution in [1.29, 1.82) is 0 Å². The number of amides is 2. The van der Waals surface area contributed by atoms with Crippen LogP contribution in [0.25, 0.3) is 6.08 Å². The van der Waals surface area contributed by atoms with Crippen LogP contribution in [0.3, 0.4) is 0 Å². The van der Waals surface area contributed by atoms with Crippen LogP contribution >= 0.6 is 12.2 Å². The lowest BCUT2D eigenvalue weighted by Gasteiger charge is -2.29. The molecular formula is C21H20N2O2S. The lowest BCUT2D eigenvalue weighted by atomic mass is 10.0. The second kappa shape index (κ2) is 7.22. The van der Waals surface area contributed by atoms with Gasteiger partial charge >= 0.3 is 0 Å². The normalized spacial score (nSPS) is 16.4. The molecule has 2 aromatic rings. The quantitative estimate of drug-likeness (QED) is 0.510. The third-order valence-electron chi connectivity index (χ3n) is 4.31. The molecule has 0 aliphatic carbocycles. The van der Waals surface area contributed by atoms with Crippen LogP contribution in [0.1, 0.15) is 36.5 Å². The van der Waals surface area contributed by atoms with Crippen molar-refractivity contribution < 1.29 is 9.59 Å². The number of carbonyl (C=O) groups is 2. The van der Waals surface area contributed by atoms with Gasteiger partial charge in [0.05, 0.1) is 5.69 Å². The van der Waals surface area contributed by atoms with Gasteiger partial charge in [-0.15, -0.1) is 0 Å².